The van der Waals surface area contributed by atoms with Crippen LogP contribution >= 0.6 is 24.0 Å². The van der Waals surface area contributed by atoms with Crippen molar-refractivity contribution in [1.82, 2.24) is 15.1 Å². The van der Waals surface area contributed by atoms with Gasteiger partial charge in [-0.05, 0) is 19.8 Å². The van der Waals surface area contributed by atoms with E-state index in [4.69, 9.17) is 19.2 Å². The van der Waals surface area contributed by atoms with Crippen molar-refractivity contribution in [2.75, 3.05) is 65.7 Å². The van der Waals surface area contributed by atoms with Crippen LogP contribution in [0.4, 0.5) is 0 Å². The van der Waals surface area contributed by atoms with E-state index >= 15 is 0 Å². The first-order chi connectivity index (χ1) is 12.3. The van der Waals surface area contributed by atoms with E-state index in [0.29, 0.717) is 46.1 Å². The summed E-state index contributed by atoms with van der Waals surface area (Å²) in [6, 6.07) is 0. The van der Waals surface area contributed by atoms with Gasteiger partial charge in [0.1, 0.15) is 12.2 Å². The Labute approximate surface area is 172 Å². The number of carbonyl (C=O) groups is 1. The molecule has 0 aromatic heterocycles. The second-order valence-corrected chi connectivity index (χ2v) is 6.58. The fourth-order valence-corrected chi connectivity index (χ4v) is 3.37. The van der Waals surface area contributed by atoms with E-state index in [9.17, 15) is 4.79 Å². The Morgan fingerprint density at radius 3 is 2.50 bits per heavy atom. The van der Waals surface area contributed by atoms with E-state index in [2.05, 4.69) is 17.1 Å². The van der Waals surface area contributed by atoms with Gasteiger partial charge < -0.3 is 29.3 Å². The first kappa shape index (κ1) is 21.6. The Balaban J connectivity index is 0.00000243. The van der Waals surface area contributed by atoms with Crippen LogP contribution in [-0.2, 0) is 19.0 Å². The van der Waals surface area contributed by atoms with Gasteiger partial charge in [-0.15, -0.1) is 24.0 Å². The maximum atomic E-state index is 12.4. The third kappa shape index (κ3) is 5.93. The molecule has 0 aliphatic carbocycles. The number of carbonyl (C=O) groups excluding carboxylic acids is 1. The summed E-state index contributed by atoms with van der Waals surface area (Å²) >= 11 is 0. The molecule has 3 saturated heterocycles. The minimum atomic E-state index is -0.225. The summed E-state index contributed by atoms with van der Waals surface area (Å²) in [5.74, 6) is 1.03. The molecule has 2 atom stereocenters. The lowest BCUT2D eigenvalue weighted by atomic mass is 10.2. The van der Waals surface area contributed by atoms with Gasteiger partial charge in [-0.2, -0.15) is 0 Å². The third-order valence-electron chi connectivity index (χ3n) is 4.76. The van der Waals surface area contributed by atoms with Gasteiger partial charge in [-0.25, -0.2) is 0 Å². The van der Waals surface area contributed by atoms with Gasteiger partial charge in [0.2, 0.25) is 0 Å². The summed E-state index contributed by atoms with van der Waals surface area (Å²) in [5.41, 5.74) is 0. The molecule has 3 aliphatic rings. The molecule has 2 unspecified atom stereocenters. The first-order valence-electron chi connectivity index (χ1n) is 9.41. The molecule has 0 saturated carbocycles. The third-order valence-corrected chi connectivity index (χ3v) is 4.76. The zero-order valence-electron chi connectivity index (χ0n) is 15.5. The van der Waals surface area contributed by atoms with Crippen LogP contribution in [0.5, 0.6) is 0 Å². The fourth-order valence-electron chi connectivity index (χ4n) is 3.37. The van der Waals surface area contributed by atoms with Gasteiger partial charge in [0.25, 0.3) is 5.91 Å². The number of guanidine groups is 1. The molecule has 1 amide bonds. The van der Waals surface area contributed by atoms with Crippen LogP contribution in [0.1, 0.15) is 19.8 Å². The van der Waals surface area contributed by atoms with E-state index < -0.39 is 0 Å². The Bertz CT molecular complexity index is 460. The van der Waals surface area contributed by atoms with Crippen LogP contribution in [0, 0.1) is 0 Å². The van der Waals surface area contributed by atoms with Crippen molar-refractivity contribution in [2.24, 2.45) is 4.99 Å². The smallest absolute Gasteiger partial charge is 0.251 e. The molecule has 3 rings (SSSR count). The molecule has 0 aromatic carbocycles. The topological polar surface area (TPSA) is 75.6 Å². The number of piperazine rings is 1. The number of hydrogen-bond acceptors (Lipinski definition) is 5. The summed E-state index contributed by atoms with van der Waals surface area (Å²) in [6.45, 7) is 9.09. The number of amides is 1. The number of hydrogen-bond donors (Lipinski definition) is 1. The Kier molecular flexibility index (Phi) is 9.37. The van der Waals surface area contributed by atoms with Crippen molar-refractivity contribution in [1.29, 1.82) is 0 Å². The van der Waals surface area contributed by atoms with Crippen molar-refractivity contribution < 1.29 is 19.0 Å². The van der Waals surface area contributed by atoms with E-state index in [-0.39, 0.29) is 42.1 Å². The molecule has 3 heterocycles. The van der Waals surface area contributed by atoms with Crippen molar-refractivity contribution >= 4 is 35.8 Å². The lowest BCUT2D eigenvalue weighted by molar-refractivity contribution is -0.142. The first-order valence-corrected chi connectivity index (χ1v) is 9.41. The average Bonchev–Trinajstić information content (AvgIpc) is 3.20. The van der Waals surface area contributed by atoms with Gasteiger partial charge in [-0.3, -0.25) is 9.79 Å². The van der Waals surface area contributed by atoms with Crippen LogP contribution in [0.25, 0.3) is 0 Å². The fraction of sp³-hybridized carbons (Fsp3) is 0.882. The van der Waals surface area contributed by atoms with Gasteiger partial charge >= 0.3 is 0 Å². The lowest BCUT2D eigenvalue weighted by Gasteiger charge is -2.37. The molecule has 0 aromatic rings. The standard InChI is InChI=1S/C17H30N4O4.HI/c1-2-18-17(19-12-14-13-23-10-11-24-14)21-7-5-20(6-8-21)16(22)15-4-3-9-25-15;/h14-15H,2-13H2,1H3,(H,18,19);1H. The molecule has 0 bridgehead atoms. The highest BCUT2D eigenvalue weighted by molar-refractivity contribution is 14.0. The van der Waals surface area contributed by atoms with Crippen molar-refractivity contribution in [2.45, 2.75) is 32.0 Å². The quantitative estimate of drug-likeness (QED) is 0.353. The van der Waals surface area contributed by atoms with E-state index in [1.807, 2.05) is 4.90 Å². The maximum absolute atomic E-state index is 12.4. The molecule has 26 heavy (non-hydrogen) atoms. The number of nitrogens with one attached hydrogen (secondary N) is 1. The zero-order valence-corrected chi connectivity index (χ0v) is 17.9. The largest absolute Gasteiger partial charge is 0.376 e. The van der Waals surface area contributed by atoms with E-state index in [1.165, 1.54) is 0 Å². The summed E-state index contributed by atoms with van der Waals surface area (Å²) in [6.07, 6.45) is 1.65. The molecule has 3 fully saturated rings. The highest BCUT2D eigenvalue weighted by Crippen LogP contribution is 2.16. The van der Waals surface area contributed by atoms with Crippen LogP contribution < -0.4 is 5.32 Å². The van der Waals surface area contributed by atoms with Crippen molar-refractivity contribution in [3.8, 4) is 0 Å². The number of rotatable bonds is 4. The number of halogens is 1. The molecule has 0 spiro atoms. The summed E-state index contributed by atoms with van der Waals surface area (Å²) in [4.78, 5) is 21.3. The molecule has 9 heteroatoms. The van der Waals surface area contributed by atoms with Crippen molar-refractivity contribution in [3.63, 3.8) is 0 Å². The van der Waals surface area contributed by atoms with Crippen molar-refractivity contribution in [3.05, 3.63) is 0 Å². The summed E-state index contributed by atoms with van der Waals surface area (Å²) < 4.78 is 16.6. The van der Waals surface area contributed by atoms with Crippen LogP contribution in [0.15, 0.2) is 4.99 Å². The Morgan fingerprint density at radius 2 is 1.88 bits per heavy atom. The average molecular weight is 482 g/mol. The molecule has 3 aliphatic heterocycles. The Morgan fingerprint density at radius 1 is 1.12 bits per heavy atom. The van der Waals surface area contributed by atoms with Gasteiger partial charge in [-0.1, -0.05) is 0 Å². The zero-order chi connectivity index (χ0) is 17.5. The second kappa shape index (κ2) is 11.3. The van der Waals surface area contributed by atoms with Gasteiger partial charge in [0, 0.05) is 39.3 Å². The summed E-state index contributed by atoms with van der Waals surface area (Å²) in [5, 5.41) is 3.34. The molecular weight excluding hydrogens is 451 g/mol. The molecule has 150 valence electrons. The van der Waals surface area contributed by atoms with E-state index in [0.717, 1.165) is 38.4 Å². The minimum absolute atomic E-state index is 0. The summed E-state index contributed by atoms with van der Waals surface area (Å²) in [7, 11) is 0. The van der Waals surface area contributed by atoms with Gasteiger partial charge in [0.05, 0.1) is 26.4 Å². The Hall–Kier alpha value is -0.650. The van der Waals surface area contributed by atoms with E-state index in [1.54, 1.807) is 0 Å². The normalized spacial score (nSPS) is 27.2. The minimum Gasteiger partial charge on any atom is -0.376 e. The van der Waals surface area contributed by atoms with Crippen LogP contribution in [0.2, 0.25) is 0 Å². The predicted molar refractivity (Wildman–Crippen MR) is 109 cm³/mol. The van der Waals surface area contributed by atoms with Crippen LogP contribution in [-0.4, -0.2) is 99.6 Å². The predicted octanol–water partition coefficient (Wildman–Crippen LogP) is 0.309. The SMILES string of the molecule is CCNC(=NCC1COCCO1)N1CCN(C(=O)C2CCCO2)CC1.I. The lowest BCUT2D eigenvalue weighted by Crippen LogP contribution is -2.55. The highest BCUT2D eigenvalue weighted by Gasteiger charge is 2.31. The molecular formula is C17H31IN4O4. The highest BCUT2D eigenvalue weighted by atomic mass is 127. The molecule has 0 radical (unpaired) electrons. The number of nitrogens with zero attached hydrogens (tertiary/aromatic N) is 3. The number of aliphatic imine (C=N–C) groups is 1. The maximum Gasteiger partial charge on any atom is 0.251 e. The van der Waals surface area contributed by atoms with Gasteiger partial charge in [0.15, 0.2) is 5.96 Å². The second-order valence-electron chi connectivity index (χ2n) is 6.58. The van der Waals surface area contributed by atoms with Crippen LogP contribution in [0.3, 0.4) is 0 Å². The molecule has 8 nitrogen and oxygen atoms in total. The number of ether oxygens (including phenoxy) is 3. The monoisotopic (exact) mass is 482 g/mol. The molecule has 1 N–H and O–H groups in total.